The molecule has 31 heavy (non-hydrogen) atoms. The molecule has 0 saturated carbocycles. The predicted octanol–water partition coefficient (Wildman–Crippen LogP) is 5.58. The minimum absolute atomic E-state index is 0.0680. The SMILES string of the molecule is O=C(CCc1cc(-c2cccc(F)c2)n(-c2ccccc2)n1)NCc1cccc(Cl)c1. The second-order valence-electron chi connectivity index (χ2n) is 7.19. The molecule has 1 heterocycles. The van der Waals surface area contributed by atoms with Crippen LogP contribution in [-0.2, 0) is 17.8 Å². The number of aryl methyl sites for hydroxylation is 1. The summed E-state index contributed by atoms with van der Waals surface area (Å²) in [5, 5.41) is 8.23. The van der Waals surface area contributed by atoms with Crippen molar-refractivity contribution in [3.63, 3.8) is 0 Å². The molecule has 0 radical (unpaired) electrons. The molecule has 0 spiro atoms. The predicted molar refractivity (Wildman–Crippen MR) is 121 cm³/mol. The van der Waals surface area contributed by atoms with Gasteiger partial charge in [-0.15, -0.1) is 0 Å². The van der Waals surface area contributed by atoms with E-state index in [1.807, 2.05) is 60.7 Å². The Morgan fingerprint density at radius 2 is 1.77 bits per heavy atom. The molecule has 1 amide bonds. The molecule has 0 atom stereocenters. The molecule has 0 bridgehead atoms. The molecule has 0 aliphatic carbocycles. The third kappa shape index (κ3) is 5.38. The zero-order chi connectivity index (χ0) is 21.6. The van der Waals surface area contributed by atoms with Gasteiger partial charge in [-0.05, 0) is 48.0 Å². The third-order valence-electron chi connectivity index (χ3n) is 4.87. The Hall–Kier alpha value is -3.44. The van der Waals surface area contributed by atoms with Gasteiger partial charge in [-0.1, -0.05) is 54.1 Å². The van der Waals surface area contributed by atoms with E-state index in [0.29, 0.717) is 24.4 Å². The van der Waals surface area contributed by atoms with Crippen molar-refractivity contribution in [2.75, 3.05) is 0 Å². The summed E-state index contributed by atoms with van der Waals surface area (Å²) in [4.78, 5) is 12.3. The lowest BCUT2D eigenvalue weighted by atomic mass is 10.1. The number of carbonyl (C=O) groups excluding carboxylic acids is 1. The fourth-order valence-electron chi connectivity index (χ4n) is 3.35. The van der Waals surface area contributed by atoms with Crippen LogP contribution >= 0.6 is 11.6 Å². The summed E-state index contributed by atoms with van der Waals surface area (Å²) in [5.74, 6) is -0.373. The molecule has 0 aliphatic heterocycles. The summed E-state index contributed by atoms with van der Waals surface area (Å²) >= 11 is 5.98. The Balaban J connectivity index is 1.49. The molecule has 0 fully saturated rings. The van der Waals surface area contributed by atoms with Crippen LogP contribution in [0.3, 0.4) is 0 Å². The average Bonchev–Trinajstić information content (AvgIpc) is 3.21. The minimum atomic E-state index is -0.305. The van der Waals surface area contributed by atoms with Crippen LogP contribution in [0.15, 0.2) is 84.9 Å². The average molecular weight is 434 g/mol. The van der Waals surface area contributed by atoms with Crippen LogP contribution in [0.2, 0.25) is 5.02 Å². The maximum Gasteiger partial charge on any atom is 0.220 e. The van der Waals surface area contributed by atoms with Crippen LogP contribution in [0.25, 0.3) is 16.9 Å². The van der Waals surface area contributed by atoms with Crippen molar-refractivity contribution < 1.29 is 9.18 Å². The summed E-state index contributed by atoms with van der Waals surface area (Å²) in [6.45, 7) is 0.423. The summed E-state index contributed by atoms with van der Waals surface area (Å²) in [6.07, 6.45) is 0.776. The first kappa shape index (κ1) is 20.8. The first-order chi connectivity index (χ1) is 15.1. The maximum atomic E-state index is 13.8. The molecule has 4 nitrogen and oxygen atoms in total. The normalized spacial score (nSPS) is 10.8. The van der Waals surface area contributed by atoms with E-state index < -0.39 is 0 Å². The van der Waals surface area contributed by atoms with Gasteiger partial charge in [0.05, 0.1) is 17.1 Å². The lowest BCUT2D eigenvalue weighted by molar-refractivity contribution is -0.121. The molecule has 156 valence electrons. The topological polar surface area (TPSA) is 46.9 Å². The second kappa shape index (κ2) is 9.58. The van der Waals surface area contributed by atoms with Crippen LogP contribution in [0, 0.1) is 5.82 Å². The van der Waals surface area contributed by atoms with Gasteiger partial charge in [-0.2, -0.15) is 5.10 Å². The number of halogens is 2. The van der Waals surface area contributed by atoms with Crippen LogP contribution in [0.5, 0.6) is 0 Å². The molecule has 1 aromatic heterocycles. The Morgan fingerprint density at radius 3 is 2.55 bits per heavy atom. The molecular formula is C25H21ClFN3O. The largest absolute Gasteiger partial charge is 0.352 e. The summed E-state index contributed by atoms with van der Waals surface area (Å²) < 4.78 is 15.6. The Morgan fingerprint density at radius 1 is 0.968 bits per heavy atom. The lowest BCUT2D eigenvalue weighted by Gasteiger charge is -2.07. The molecular weight excluding hydrogens is 413 g/mol. The van der Waals surface area contributed by atoms with Gasteiger partial charge >= 0.3 is 0 Å². The van der Waals surface area contributed by atoms with Crippen molar-refractivity contribution in [3.05, 3.63) is 107 Å². The van der Waals surface area contributed by atoms with E-state index in [1.54, 1.807) is 16.8 Å². The fourth-order valence-corrected chi connectivity index (χ4v) is 3.56. The van der Waals surface area contributed by atoms with Gasteiger partial charge in [-0.25, -0.2) is 9.07 Å². The maximum absolute atomic E-state index is 13.8. The Kier molecular flexibility index (Phi) is 6.43. The van der Waals surface area contributed by atoms with E-state index in [0.717, 1.165) is 28.2 Å². The standard InChI is InChI=1S/C25H21ClFN3O/c26-20-8-4-6-18(14-20)17-28-25(31)13-12-22-16-24(19-7-5-9-21(27)15-19)30(29-22)23-10-2-1-3-11-23/h1-11,14-16H,12-13,17H2,(H,28,31). The molecule has 0 unspecified atom stereocenters. The van der Waals surface area contributed by atoms with Crippen molar-refractivity contribution in [2.24, 2.45) is 0 Å². The number of nitrogens with one attached hydrogen (secondary N) is 1. The summed E-state index contributed by atoms with van der Waals surface area (Å²) in [7, 11) is 0. The Bertz CT molecular complexity index is 1190. The summed E-state index contributed by atoms with van der Waals surface area (Å²) in [5.41, 5.74) is 4.09. The second-order valence-corrected chi connectivity index (χ2v) is 7.62. The third-order valence-corrected chi connectivity index (χ3v) is 5.10. The number of amides is 1. The Labute approximate surface area is 185 Å². The van der Waals surface area contributed by atoms with Crippen molar-refractivity contribution in [3.8, 4) is 16.9 Å². The molecule has 6 heteroatoms. The monoisotopic (exact) mass is 433 g/mol. The van der Waals surface area contributed by atoms with Gasteiger partial charge in [0, 0.05) is 30.0 Å². The highest BCUT2D eigenvalue weighted by atomic mass is 35.5. The lowest BCUT2D eigenvalue weighted by Crippen LogP contribution is -2.23. The molecule has 4 rings (SSSR count). The highest BCUT2D eigenvalue weighted by molar-refractivity contribution is 6.30. The first-order valence-electron chi connectivity index (χ1n) is 10.00. The zero-order valence-corrected chi connectivity index (χ0v) is 17.5. The van der Waals surface area contributed by atoms with Crippen LogP contribution in [0.4, 0.5) is 4.39 Å². The van der Waals surface area contributed by atoms with Gasteiger partial charge < -0.3 is 5.32 Å². The van der Waals surface area contributed by atoms with E-state index >= 15 is 0 Å². The summed E-state index contributed by atoms with van der Waals surface area (Å²) in [6, 6.07) is 25.4. The number of para-hydroxylation sites is 1. The van der Waals surface area contributed by atoms with E-state index in [2.05, 4.69) is 10.4 Å². The van der Waals surface area contributed by atoms with Gasteiger partial charge in [0.25, 0.3) is 0 Å². The van der Waals surface area contributed by atoms with Crippen molar-refractivity contribution in [1.82, 2.24) is 15.1 Å². The highest BCUT2D eigenvalue weighted by Gasteiger charge is 2.13. The number of hydrogen-bond acceptors (Lipinski definition) is 2. The molecule has 0 saturated heterocycles. The van der Waals surface area contributed by atoms with E-state index in [4.69, 9.17) is 11.6 Å². The van der Waals surface area contributed by atoms with Gasteiger partial charge in [0.15, 0.2) is 0 Å². The van der Waals surface area contributed by atoms with Gasteiger partial charge in [0.2, 0.25) is 5.91 Å². The number of benzene rings is 3. The number of rotatable bonds is 7. The zero-order valence-electron chi connectivity index (χ0n) is 16.8. The van der Waals surface area contributed by atoms with Crippen LogP contribution in [0.1, 0.15) is 17.7 Å². The quantitative estimate of drug-likeness (QED) is 0.413. The minimum Gasteiger partial charge on any atom is -0.352 e. The number of nitrogens with zero attached hydrogens (tertiary/aromatic N) is 2. The molecule has 3 aromatic carbocycles. The number of hydrogen-bond donors (Lipinski definition) is 1. The van der Waals surface area contributed by atoms with Gasteiger partial charge in [-0.3, -0.25) is 4.79 Å². The van der Waals surface area contributed by atoms with E-state index in [1.165, 1.54) is 12.1 Å². The smallest absolute Gasteiger partial charge is 0.220 e. The van der Waals surface area contributed by atoms with E-state index in [9.17, 15) is 9.18 Å². The highest BCUT2D eigenvalue weighted by Crippen LogP contribution is 2.25. The molecule has 1 N–H and O–H groups in total. The van der Waals surface area contributed by atoms with Crippen molar-refractivity contribution >= 4 is 17.5 Å². The van der Waals surface area contributed by atoms with Crippen molar-refractivity contribution in [1.29, 1.82) is 0 Å². The fraction of sp³-hybridized carbons (Fsp3) is 0.120. The number of carbonyl (C=O) groups is 1. The number of aromatic nitrogens is 2. The molecule has 0 aliphatic rings. The van der Waals surface area contributed by atoms with Crippen molar-refractivity contribution in [2.45, 2.75) is 19.4 Å². The van der Waals surface area contributed by atoms with Crippen LogP contribution < -0.4 is 5.32 Å². The van der Waals surface area contributed by atoms with E-state index in [-0.39, 0.29) is 11.7 Å². The van der Waals surface area contributed by atoms with Gasteiger partial charge in [0.1, 0.15) is 5.82 Å². The molecule has 4 aromatic rings. The van der Waals surface area contributed by atoms with Crippen LogP contribution in [-0.4, -0.2) is 15.7 Å². The first-order valence-corrected chi connectivity index (χ1v) is 10.4.